The number of benzene rings is 1. The van der Waals surface area contributed by atoms with E-state index in [-0.39, 0.29) is 0 Å². The van der Waals surface area contributed by atoms with E-state index >= 15 is 0 Å². The molecular formula is C22H29ClN4. The van der Waals surface area contributed by atoms with Crippen LogP contribution in [0.2, 0.25) is 5.02 Å². The molecule has 1 atom stereocenters. The zero-order valence-corrected chi connectivity index (χ0v) is 17.0. The van der Waals surface area contributed by atoms with Crippen LogP contribution in [0.15, 0.2) is 54.3 Å². The molecule has 1 aliphatic rings. The van der Waals surface area contributed by atoms with Gasteiger partial charge in [-0.15, -0.1) is 0 Å². The molecule has 0 saturated carbocycles. The number of rotatable bonds is 10. The molecule has 1 aliphatic carbocycles. The van der Waals surface area contributed by atoms with Crippen LogP contribution >= 0.6 is 11.6 Å². The molecule has 27 heavy (non-hydrogen) atoms. The van der Waals surface area contributed by atoms with Gasteiger partial charge >= 0.3 is 0 Å². The summed E-state index contributed by atoms with van der Waals surface area (Å²) in [7, 11) is 4.24. The van der Waals surface area contributed by atoms with Crippen LogP contribution in [0.4, 0.5) is 5.69 Å². The molecule has 2 aromatic rings. The molecule has 3 rings (SSSR count). The van der Waals surface area contributed by atoms with E-state index in [0.717, 1.165) is 60.6 Å². The van der Waals surface area contributed by atoms with E-state index in [2.05, 4.69) is 52.8 Å². The average molecular weight is 385 g/mol. The Morgan fingerprint density at radius 3 is 2.85 bits per heavy atom. The molecule has 1 heterocycles. The van der Waals surface area contributed by atoms with Crippen LogP contribution < -0.4 is 10.6 Å². The summed E-state index contributed by atoms with van der Waals surface area (Å²) in [4.78, 5) is 6.62. The Morgan fingerprint density at radius 2 is 2.00 bits per heavy atom. The number of anilines is 1. The van der Waals surface area contributed by atoms with Gasteiger partial charge < -0.3 is 15.5 Å². The molecule has 0 spiro atoms. The molecule has 5 heteroatoms. The predicted octanol–water partition coefficient (Wildman–Crippen LogP) is 4.34. The molecule has 1 unspecified atom stereocenters. The van der Waals surface area contributed by atoms with Crippen LogP contribution in [0.5, 0.6) is 0 Å². The number of unbranched alkanes of at least 4 members (excludes halogenated alkanes) is 1. The lowest BCUT2D eigenvalue weighted by Crippen LogP contribution is -2.27. The summed E-state index contributed by atoms with van der Waals surface area (Å²) in [5.41, 5.74) is 3.55. The first kappa shape index (κ1) is 19.9. The first-order valence-electron chi connectivity index (χ1n) is 9.64. The second-order valence-corrected chi connectivity index (χ2v) is 7.77. The lowest BCUT2D eigenvalue weighted by Gasteiger charge is -2.18. The number of allylic oxidation sites excluding steroid dienone is 2. The Labute approximate surface area is 167 Å². The van der Waals surface area contributed by atoms with Gasteiger partial charge in [0.2, 0.25) is 0 Å². The van der Waals surface area contributed by atoms with Gasteiger partial charge in [-0.1, -0.05) is 29.8 Å². The van der Waals surface area contributed by atoms with Gasteiger partial charge in [-0.2, -0.15) is 0 Å². The molecular weight excluding hydrogens is 356 g/mol. The summed E-state index contributed by atoms with van der Waals surface area (Å²) in [5, 5.41) is 8.97. The van der Waals surface area contributed by atoms with Gasteiger partial charge in [-0.25, -0.2) is 0 Å². The van der Waals surface area contributed by atoms with E-state index in [1.807, 2.05) is 30.5 Å². The minimum atomic E-state index is 0.542. The molecule has 0 radical (unpaired) electrons. The van der Waals surface area contributed by atoms with Crippen molar-refractivity contribution < 1.29 is 0 Å². The summed E-state index contributed by atoms with van der Waals surface area (Å²) < 4.78 is 0. The smallest absolute Gasteiger partial charge is 0.0737 e. The predicted molar refractivity (Wildman–Crippen MR) is 117 cm³/mol. The molecule has 0 saturated heterocycles. The number of pyridine rings is 1. The van der Waals surface area contributed by atoms with Gasteiger partial charge in [0.1, 0.15) is 0 Å². The fourth-order valence-corrected chi connectivity index (χ4v) is 3.59. The van der Waals surface area contributed by atoms with Crippen molar-refractivity contribution >= 4 is 28.2 Å². The highest BCUT2D eigenvalue weighted by molar-refractivity contribution is 6.31. The van der Waals surface area contributed by atoms with Crippen molar-refractivity contribution in [2.24, 2.45) is 5.92 Å². The van der Waals surface area contributed by atoms with E-state index in [1.165, 1.54) is 5.57 Å². The summed E-state index contributed by atoms with van der Waals surface area (Å²) in [6.07, 6.45) is 10.9. The molecule has 1 aromatic heterocycles. The van der Waals surface area contributed by atoms with Crippen molar-refractivity contribution in [1.82, 2.24) is 15.2 Å². The normalized spacial score (nSPS) is 16.3. The van der Waals surface area contributed by atoms with E-state index < -0.39 is 0 Å². The Kier molecular flexibility index (Phi) is 7.27. The lowest BCUT2D eigenvalue weighted by atomic mass is 10.0. The second kappa shape index (κ2) is 9.88. The maximum absolute atomic E-state index is 6.05. The highest BCUT2D eigenvalue weighted by Gasteiger charge is 2.14. The van der Waals surface area contributed by atoms with E-state index in [0.29, 0.717) is 5.92 Å². The van der Waals surface area contributed by atoms with E-state index in [1.54, 1.807) is 0 Å². The number of halogens is 1. The summed E-state index contributed by atoms with van der Waals surface area (Å²) >= 11 is 6.05. The average Bonchev–Trinajstić information content (AvgIpc) is 3.07. The number of likely N-dealkylation sites (N-methyl/N-ethyl adjacent to an activating group) is 1. The van der Waals surface area contributed by atoms with Gasteiger partial charge in [-0.05, 0) is 63.3 Å². The van der Waals surface area contributed by atoms with Crippen molar-refractivity contribution in [1.29, 1.82) is 0 Å². The zero-order chi connectivity index (χ0) is 19.1. The lowest BCUT2D eigenvalue weighted by molar-refractivity contribution is 0.427. The monoisotopic (exact) mass is 384 g/mol. The maximum Gasteiger partial charge on any atom is 0.0737 e. The SMILES string of the molecule is CN(C)CC1=CC=CC1CNCCCCNc1ccnc2cc(Cl)ccc12. The standard InChI is InChI=1S/C22H29ClN4/c1-27(2)16-18-7-5-6-17(18)15-24-11-3-4-12-25-21-10-13-26-22-14-19(23)8-9-20(21)22/h5-10,13-14,17,24H,3-4,11-12,15-16H2,1-2H3,(H,25,26). The topological polar surface area (TPSA) is 40.2 Å². The van der Waals surface area contributed by atoms with Crippen LogP contribution in [-0.2, 0) is 0 Å². The third kappa shape index (κ3) is 5.80. The van der Waals surface area contributed by atoms with Crippen molar-refractivity contribution in [2.45, 2.75) is 12.8 Å². The van der Waals surface area contributed by atoms with Crippen molar-refractivity contribution in [3.8, 4) is 0 Å². The Balaban J connectivity index is 1.35. The van der Waals surface area contributed by atoms with Crippen molar-refractivity contribution in [3.05, 3.63) is 59.3 Å². The number of aromatic nitrogens is 1. The molecule has 0 aliphatic heterocycles. The quantitative estimate of drug-likeness (QED) is 0.597. The fraction of sp³-hybridized carbons (Fsp3) is 0.409. The van der Waals surface area contributed by atoms with Crippen LogP contribution in [0.1, 0.15) is 12.8 Å². The number of hydrogen-bond acceptors (Lipinski definition) is 4. The molecule has 0 amide bonds. The minimum Gasteiger partial charge on any atom is -0.384 e. The number of fused-ring (bicyclic) bond motifs is 1. The van der Waals surface area contributed by atoms with Gasteiger partial charge in [0.05, 0.1) is 5.52 Å². The second-order valence-electron chi connectivity index (χ2n) is 7.33. The molecule has 144 valence electrons. The third-order valence-electron chi connectivity index (χ3n) is 4.79. The molecule has 2 N–H and O–H groups in total. The molecule has 0 bridgehead atoms. The van der Waals surface area contributed by atoms with E-state index in [9.17, 15) is 0 Å². The largest absolute Gasteiger partial charge is 0.384 e. The highest BCUT2D eigenvalue weighted by Crippen LogP contribution is 2.24. The van der Waals surface area contributed by atoms with Gasteiger partial charge in [-0.3, -0.25) is 4.98 Å². The van der Waals surface area contributed by atoms with Crippen molar-refractivity contribution in [2.75, 3.05) is 45.6 Å². The number of nitrogens with one attached hydrogen (secondary N) is 2. The molecule has 1 aromatic carbocycles. The first-order chi connectivity index (χ1) is 13.1. The van der Waals surface area contributed by atoms with Crippen LogP contribution in [0.3, 0.4) is 0 Å². The summed E-state index contributed by atoms with van der Waals surface area (Å²) in [6.45, 7) is 4.07. The van der Waals surface area contributed by atoms with Crippen molar-refractivity contribution in [3.63, 3.8) is 0 Å². The number of nitrogens with zero attached hydrogens (tertiary/aromatic N) is 2. The van der Waals surface area contributed by atoms with Crippen LogP contribution in [0, 0.1) is 5.92 Å². The van der Waals surface area contributed by atoms with E-state index in [4.69, 9.17) is 11.6 Å². The van der Waals surface area contributed by atoms with Crippen LogP contribution in [0.25, 0.3) is 10.9 Å². The summed E-state index contributed by atoms with van der Waals surface area (Å²) in [5.74, 6) is 0.542. The Bertz CT molecular complexity index is 813. The minimum absolute atomic E-state index is 0.542. The Morgan fingerprint density at radius 1 is 1.15 bits per heavy atom. The maximum atomic E-state index is 6.05. The van der Waals surface area contributed by atoms with Gasteiger partial charge in [0.25, 0.3) is 0 Å². The Hall–Kier alpha value is -1.88. The van der Waals surface area contributed by atoms with Gasteiger partial charge in [0.15, 0.2) is 0 Å². The molecule has 4 nitrogen and oxygen atoms in total. The van der Waals surface area contributed by atoms with Gasteiger partial charge in [0, 0.05) is 47.8 Å². The number of hydrogen-bond donors (Lipinski definition) is 2. The molecule has 0 fully saturated rings. The highest BCUT2D eigenvalue weighted by atomic mass is 35.5. The van der Waals surface area contributed by atoms with Crippen LogP contribution in [-0.4, -0.2) is 50.2 Å². The fourth-order valence-electron chi connectivity index (χ4n) is 3.43. The third-order valence-corrected chi connectivity index (χ3v) is 5.03. The zero-order valence-electron chi connectivity index (χ0n) is 16.2. The first-order valence-corrected chi connectivity index (χ1v) is 10.0. The summed E-state index contributed by atoms with van der Waals surface area (Å²) in [6, 6.07) is 7.88.